The van der Waals surface area contributed by atoms with Crippen LogP contribution in [0, 0.1) is 17.8 Å². The van der Waals surface area contributed by atoms with E-state index in [4.69, 9.17) is 23.7 Å². The van der Waals surface area contributed by atoms with Crippen molar-refractivity contribution in [3.05, 3.63) is 35.9 Å². The van der Waals surface area contributed by atoms with Crippen molar-refractivity contribution in [1.82, 2.24) is 0 Å². The summed E-state index contributed by atoms with van der Waals surface area (Å²) in [5, 5.41) is 14.8. The standard InChI is InChI=1S/C39H63O6P/c1-9-15-19-29(12-4)26-43-32-24-35(44-27-30(13-5)20-16-10-2)38(36(25-32)45-28-31(14-6)21-17-11-3)46-39(40)37-33(41-7)22-18-23-34(37)42-8/h18,22-25,29-31,40H,9-17,19-21,26-28H2,1-8H3/p-1. The highest BCUT2D eigenvalue weighted by atomic mass is 31.1. The quantitative estimate of drug-likeness (QED) is 0.0991. The van der Waals surface area contributed by atoms with E-state index in [2.05, 4.69) is 41.5 Å². The maximum Gasteiger partial charge on any atom is 0.138 e. The van der Waals surface area contributed by atoms with E-state index in [0.29, 0.717) is 74.3 Å². The molecule has 0 bridgehead atoms. The van der Waals surface area contributed by atoms with E-state index in [1.165, 1.54) is 25.7 Å². The van der Waals surface area contributed by atoms with Crippen molar-refractivity contribution in [2.75, 3.05) is 34.0 Å². The smallest absolute Gasteiger partial charge is 0.138 e. The number of unbranched alkanes of at least 4 members (excludes halogenated alkanes) is 3. The Hall–Kier alpha value is -2.43. The lowest BCUT2D eigenvalue weighted by Crippen LogP contribution is -2.22. The van der Waals surface area contributed by atoms with Crippen LogP contribution < -0.4 is 34.1 Å². The molecule has 260 valence electrons. The molecule has 0 aromatic heterocycles. The molecule has 0 aliphatic rings. The number of ether oxygens (including phenoxy) is 5. The van der Waals surface area contributed by atoms with E-state index in [-0.39, 0.29) is 5.48 Å². The van der Waals surface area contributed by atoms with Gasteiger partial charge >= 0.3 is 0 Å². The molecule has 0 N–H and O–H groups in total. The van der Waals surface area contributed by atoms with Gasteiger partial charge in [-0.1, -0.05) is 119 Å². The van der Waals surface area contributed by atoms with E-state index >= 15 is 0 Å². The molecular formula is C39H62O6P-. The summed E-state index contributed by atoms with van der Waals surface area (Å²) < 4.78 is 30.9. The number of rotatable bonds is 25. The summed E-state index contributed by atoms with van der Waals surface area (Å²) in [6, 6.07) is 9.34. The molecule has 0 saturated heterocycles. The molecule has 2 aromatic rings. The maximum atomic E-state index is 14.1. The number of benzene rings is 2. The van der Waals surface area contributed by atoms with Crippen molar-refractivity contribution >= 4 is 19.0 Å². The van der Waals surface area contributed by atoms with Gasteiger partial charge in [0.05, 0.1) is 39.3 Å². The number of hydrogen-bond donors (Lipinski definition) is 0. The van der Waals surface area contributed by atoms with Crippen molar-refractivity contribution in [3.63, 3.8) is 0 Å². The highest BCUT2D eigenvalue weighted by Crippen LogP contribution is 2.35. The molecule has 0 spiro atoms. The first-order valence-electron chi connectivity index (χ1n) is 17.9. The first-order valence-corrected chi connectivity index (χ1v) is 18.8. The van der Waals surface area contributed by atoms with E-state index in [1.807, 2.05) is 18.2 Å². The predicted molar refractivity (Wildman–Crippen MR) is 193 cm³/mol. The van der Waals surface area contributed by atoms with E-state index in [0.717, 1.165) is 62.4 Å². The van der Waals surface area contributed by atoms with Gasteiger partial charge in [0.1, 0.15) is 28.7 Å². The van der Waals surface area contributed by atoms with Crippen LogP contribution in [0.5, 0.6) is 28.7 Å². The lowest BCUT2D eigenvalue weighted by atomic mass is 10.0. The van der Waals surface area contributed by atoms with Gasteiger partial charge in [-0.15, -0.1) is 0 Å². The summed E-state index contributed by atoms with van der Waals surface area (Å²) in [4.78, 5) is 0. The van der Waals surface area contributed by atoms with Gasteiger partial charge < -0.3 is 28.8 Å². The summed E-state index contributed by atoms with van der Waals surface area (Å²) >= 11 is 0. The first kappa shape index (κ1) is 39.7. The van der Waals surface area contributed by atoms with Crippen LogP contribution in [0.15, 0.2) is 30.3 Å². The highest BCUT2D eigenvalue weighted by Gasteiger charge is 2.19. The van der Waals surface area contributed by atoms with Crippen LogP contribution in [0.3, 0.4) is 0 Å². The zero-order chi connectivity index (χ0) is 33.7. The molecule has 0 saturated carbocycles. The molecule has 6 nitrogen and oxygen atoms in total. The van der Waals surface area contributed by atoms with E-state index in [1.54, 1.807) is 26.4 Å². The van der Waals surface area contributed by atoms with Gasteiger partial charge in [-0.25, -0.2) is 0 Å². The molecule has 2 rings (SSSR count). The molecule has 0 fully saturated rings. The third kappa shape index (κ3) is 13.0. The van der Waals surface area contributed by atoms with Gasteiger partial charge in [0.2, 0.25) is 0 Å². The minimum Gasteiger partial charge on any atom is -0.823 e. The monoisotopic (exact) mass is 657 g/mol. The van der Waals surface area contributed by atoms with Crippen LogP contribution in [0.4, 0.5) is 0 Å². The average Bonchev–Trinajstić information content (AvgIpc) is 3.08. The zero-order valence-electron chi connectivity index (χ0n) is 30.1. The second-order valence-electron chi connectivity index (χ2n) is 12.4. The van der Waals surface area contributed by atoms with Crippen molar-refractivity contribution in [3.8, 4) is 28.7 Å². The Morgan fingerprint density at radius 3 is 1.41 bits per heavy atom. The zero-order valence-corrected chi connectivity index (χ0v) is 31.0. The molecule has 0 aliphatic heterocycles. The van der Waals surface area contributed by atoms with Gasteiger partial charge in [0, 0.05) is 17.7 Å². The first-order chi connectivity index (χ1) is 22.4. The van der Waals surface area contributed by atoms with Crippen molar-refractivity contribution in [2.45, 2.75) is 119 Å². The third-order valence-electron chi connectivity index (χ3n) is 8.93. The summed E-state index contributed by atoms with van der Waals surface area (Å²) in [5.41, 5.74) is 0.274. The van der Waals surface area contributed by atoms with Crippen LogP contribution in [0.2, 0.25) is 0 Å². The highest BCUT2D eigenvalue weighted by molar-refractivity contribution is 7.49. The summed E-state index contributed by atoms with van der Waals surface area (Å²) in [6.45, 7) is 15.2. The second kappa shape index (κ2) is 23.0. The van der Waals surface area contributed by atoms with E-state index in [9.17, 15) is 5.11 Å². The van der Waals surface area contributed by atoms with Crippen LogP contribution in [-0.4, -0.2) is 39.5 Å². The Morgan fingerprint density at radius 2 is 1.04 bits per heavy atom. The average molecular weight is 658 g/mol. The lowest BCUT2D eigenvalue weighted by molar-refractivity contribution is -0.207. The minimum atomic E-state index is -0.140. The SMILES string of the molecule is CCCCC(CC)COc1cc(OCC(CC)CCCC)c(P=C([O-])c2c(OC)cccc2OC)c(OCC(CC)CCCC)c1. The molecular weight excluding hydrogens is 595 g/mol. The minimum absolute atomic E-state index is 0.140. The van der Waals surface area contributed by atoms with Crippen molar-refractivity contribution < 1.29 is 28.8 Å². The topological polar surface area (TPSA) is 69.2 Å². The number of methoxy groups -OCH3 is 2. The Labute approximate surface area is 282 Å². The fourth-order valence-corrected chi connectivity index (χ4v) is 6.53. The summed E-state index contributed by atoms with van der Waals surface area (Å²) in [5.74, 6) is 4.34. The number of hydrogen-bond acceptors (Lipinski definition) is 6. The van der Waals surface area contributed by atoms with Crippen molar-refractivity contribution in [1.29, 1.82) is 0 Å². The fraction of sp³-hybridized carbons (Fsp3) is 0.667. The molecule has 2 aromatic carbocycles. The largest absolute Gasteiger partial charge is 0.823 e. The van der Waals surface area contributed by atoms with Gasteiger partial charge in [-0.3, -0.25) is 0 Å². The van der Waals surface area contributed by atoms with Crippen LogP contribution in [-0.2, 0) is 0 Å². The molecule has 0 aliphatic carbocycles. The lowest BCUT2D eigenvalue weighted by Gasteiger charge is -2.24. The van der Waals surface area contributed by atoms with Crippen LogP contribution in [0.1, 0.15) is 124 Å². The second-order valence-corrected chi connectivity index (χ2v) is 13.5. The Morgan fingerprint density at radius 1 is 0.630 bits per heavy atom. The van der Waals surface area contributed by atoms with Gasteiger partial charge in [0.15, 0.2) is 0 Å². The fourth-order valence-electron chi connectivity index (χ4n) is 5.51. The van der Waals surface area contributed by atoms with Gasteiger partial charge in [-0.2, -0.15) is 0 Å². The van der Waals surface area contributed by atoms with Crippen LogP contribution >= 0.6 is 8.20 Å². The Balaban J connectivity index is 2.67. The molecule has 0 amide bonds. The molecule has 3 unspecified atom stereocenters. The van der Waals surface area contributed by atoms with Crippen molar-refractivity contribution in [2.24, 2.45) is 17.8 Å². The summed E-state index contributed by atoms with van der Waals surface area (Å²) in [6.07, 6.45) is 13.6. The van der Waals surface area contributed by atoms with Gasteiger partial charge in [0.25, 0.3) is 0 Å². The summed E-state index contributed by atoms with van der Waals surface area (Å²) in [7, 11) is 3.58. The normalized spacial score (nSPS) is 13.6. The van der Waals surface area contributed by atoms with E-state index < -0.39 is 0 Å². The third-order valence-corrected chi connectivity index (χ3v) is 10.0. The predicted octanol–water partition coefficient (Wildman–Crippen LogP) is 9.60. The molecule has 0 radical (unpaired) electrons. The Kier molecular flexibility index (Phi) is 19.9. The van der Waals surface area contributed by atoms with Gasteiger partial charge in [-0.05, 0) is 49.1 Å². The molecule has 3 atom stereocenters. The molecule has 7 heteroatoms. The molecule has 46 heavy (non-hydrogen) atoms. The maximum absolute atomic E-state index is 14.1. The van der Waals surface area contributed by atoms with Crippen LogP contribution in [0.25, 0.3) is 0 Å². The molecule has 0 heterocycles. The Bertz CT molecular complexity index is 1090.